The number of carbonyl (C=O) groups excluding carboxylic acids is 1. The number of urea groups is 1. The number of hydrogen-bond donors (Lipinski definition) is 2. The fourth-order valence-corrected chi connectivity index (χ4v) is 3.02. The lowest BCUT2D eigenvalue weighted by atomic mass is 10.1. The Hall–Kier alpha value is -3.47. The maximum atomic E-state index is 12.7. The van der Waals surface area contributed by atoms with Crippen molar-refractivity contribution in [1.29, 1.82) is 0 Å². The summed E-state index contributed by atoms with van der Waals surface area (Å²) in [6.45, 7) is 0.378. The van der Waals surface area contributed by atoms with Gasteiger partial charge in [-0.25, -0.2) is 9.59 Å². The monoisotopic (exact) mass is 402 g/mol. The van der Waals surface area contributed by atoms with Crippen molar-refractivity contribution in [3.8, 4) is 11.8 Å². The second kappa shape index (κ2) is 8.27. The molecule has 29 heavy (non-hydrogen) atoms. The van der Waals surface area contributed by atoms with Crippen molar-refractivity contribution in [1.82, 2.24) is 4.90 Å². The third kappa shape index (κ3) is 5.08. The summed E-state index contributed by atoms with van der Waals surface area (Å²) in [6.07, 6.45) is -3.37. The molecule has 2 aromatic carbocycles. The van der Waals surface area contributed by atoms with Crippen LogP contribution in [-0.2, 0) is 11.0 Å². The molecule has 8 heteroatoms. The molecule has 2 aromatic rings. The standard InChI is InChI=1S/C21H17F3N2O3/c22-21(23,24)16-4-1-3-15(13-16)7-6-14-8-10-17(11-9-14)25-20(29)26-12-2-5-18(26)19(27)28/h1,3-4,8-11,13,18H,2,5,12H2,(H,25,29)(H,27,28)/t18-/m1/s1. The van der Waals surface area contributed by atoms with Crippen LogP contribution in [0.4, 0.5) is 23.7 Å². The van der Waals surface area contributed by atoms with Crippen molar-refractivity contribution in [2.75, 3.05) is 11.9 Å². The van der Waals surface area contributed by atoms with Gasteiger partial charge in [-0.15, -0.1) is 0 Å². The Bertz CT molecular complexity index is 975. The number of anilines is 1. The molecule has 0 saturated carbocycles. The van der Waals surface area contributed by atoms with Crippen LogP contribution in [0, 0.1) is 11.8 Å². The summed E-state index contributed by atoms with van der Waals surface area (Å²) >= 11 is 0. The summed E-state index contributed by atoms with van der Waals surface area (Å²) in [5, 5.41) is 11.8. The number of nitrogens with one attached hydrogen (secondary N) is 1. The number of amides is 2. The average Bonchev–Trinajstić information content (AvgIpc) is 3.17. The highest BCUT2D eigenvalue weighted by Gasteiger charge is 2.34. The molecule has 2 N–H and O–H groups in total. The van der Waals surface area contributed by atoms with E-state index in [0.29, 0.717) is 30.6 Å². The Morgan fingerprint density at radius 2 is 1.76 bits per heavy atom. The second-order valence-corrected chi connectivity index (χ2v) is 6.53. The molecule has 150 valence electrons. The molecule has 0 unspecified atom stereocenters. The Kier molecular flexibility index (Phi) is 5.78. The minimum atomic E-state index is -4.42. The Morgan fingerprint density at radius 1 is 1.07 bits per heavy atom. The van der Waals surface area contributed by atoms with Gasteiger partial charge in [0, 0.05) is 23.4 Å². The van der Waals surface area contributed by atoms with Gasteiger partial charge in [-0.3, -0.25) is 0 Å². The van der Waals surface area contributed by atoms with Gasteiger partial charge in [0.15, 0.2) is 0 Å². The highest BCUT2D eigenvalue weighted by molar-refractivity contribution is 5.92. The Balaban J connectivity index is 1.67. The third-order valence-corrected chi connectivity index (χ3v) is 4.48. The van der Waals surface area contributed by atoms with Gasteiger partial charge in [0.05, 0.1) is 5.56 Å². The van der Waals surface area contributed by atoms with E-state index in [-0.39, 0.29) is 5.56 Å². The maximum absolute atomic E-state index is 12.7. The summed E-state index contributed by atoms with van der Waals surface area (Å²) in [7, 11) is 0. The van der Waals surface area contributed by atoms with Crippen molar-refractivity contribution in [2.45, 2.75) is 25.1 Å². The number of likely N-dealkylation sites (tertiary alicyclic amines) is 1. The van der Waals surface area contributed by atoms with Crippen LogP contribution in [0.2, 0.25) is 0 Å². The second-order valence-electron chi connectivity index (χ2n) is 6.53. The van der Waals surface area contributed by atoms with Crippen molar-refractivity contribution in [2.24, 2.45) is 0 Å². The van der Waals surface area contributed by atoms with Gasteiger partial charge in [0.2, 0.25) is 0 Å². The topological polar surface area (TPSA) is 69.6 Å². The number of aliphatic carboxylic acids is 1. The smallest absolute Gasteiger partial charge is 0.416 e. The first-order valence-corrected chi connectivity index (χ1v) is 8.84. The van der Waals surface area contributed by atoms with E-state index in [4.69, 9.17) is 5.11 Å². The van der Waals surface area contributed by atoms with Crippen LogP contribution in [-0.4, -0.2) is 34.6 Å². The molecule has 5 nitrogen and oxygen atoms in total. The summed E-state index contributed by atoms with van der Waals surface area (Å²) in [5.74, 6) is 4.44. The number of carboxylic acid groups (broad SMARTS) is 1. The number of carbonyl (C=O) groups is 2. The zero-order chi connectivity index (χ0) is 21.0. The minimum Gasteiger partial charge on any atom is -0.480 e. The quantitative estimate of drug-likeness (QED) is 0.741. The summed E-state index contributed by atoms with van der Waals surface area (Å²) in [6, 6.07) is 9.88. The van der Waals surface area contributed by atoms with Gasteiger partial charge < -0.3 is 15.3 Å². The predicted molar refractivity (Wildman–Crippen MR) is 100 cm³/mol. The summed E-state index contributed by atoms with van der Waals surface area (Å²) in [5.41, 5.74) is 0.510. The maximum Gasteiger partial charge on any atom is 0.416 e. The molecule has 0 spiro atoms. The van der Waals surface area contributed by atoms with E-state index in [9.17, 15) is 22.8 Å². The first-order valence-electron chi connectivity index (χ1n) is 8.84. The Labute approximate surface area is 165 Å². The number of rotatable bonds is 2. The third-order valence-electron chi connectivity index (χ3n) is 4.48. The average molecular weight is 402 g/mol. The zero-order valence-electron chi connectivity index (χ0n) is 15.2. The van der Waals surface area contributed by atoms with Gasteiger partial charge in [0.25, 0.3) is 0 Å². The largest absolute Gasteiger partial charge is 0.480 e. The fourth-order valence-electron chi connectivity index (χ4n) is 3.02. The van der Waals surface area contributed by atoms with E-state index in [1.54, 1.807) is 24.3 Å². The molecule has 0 aliphatic carbocycles. The predicted octanol–water partition coefficient (Wildman–Crippen LogP) is 4.19. The zero-order valence-corrected chi connectivity index (χ0v) is 15.2. The number of benzene rings is 2. The highest BCUT2D eigenvalue weighted by Crippen LogP contribution is 2.29. The highest BCUT2D eigenvalue weighted by atomic mass is 19.4. The van der Waals surface area contributed by atoms with E-state index in [1.165, 1.54) is 17.0 Å². The van der Waals surface area contributed by atoms with Crippen LogP contribution >= 0.6 is 0 Å². The molecule has 0 bridgehead atoms. The molecular formula is C21H17F3N2O3. The number of alkyl halides is 3. The fraction of sp³-hybridized carbons (Fsp3) is 0.238. The van der Waals surface area contributed by atoms with E-state index >= 15 is 0 Å². The van der Waals surface area contributed by atoms with Gasteiger partial charge in [-0.2, -0.15) is 13.2 Å². The SMILES string of the molecule is O=C(O)[C@H]1CCCN1C(=O)Nc1ccc(C#Cc2cccc(C(F)(F)F)c2)cc1. The van der Waals surface area contributed by atoms with Gasteiger partial charge in [0.1, 0.15) is 6.04 Å². The van der Waals surface area contributed by atoms with Crippen molar-refractivity contribution in [3.63, 3.8) is 0 Å². The van der Waals surface area contributed by atoms with Crippen molar-refractivity contribution in [3.05, 3.63) is 65.2 Å². The molecule has 3 rings (SSSR count). The molecule has 1 atom stereocenters. The molecule has 1 fully saturated rings. The van der Waals surface area contributed by atoms with Crippen molar-refractivity contribution < 1.29 is 27.9 Å². The molecular weight excluding hydrogens is 385 g/mol. The van der Waals surface area contributed by atoms with Gasteiger partial charge in [-0.1, -0.05) is 17.9 Å². The van der Waals surface area contributed by atoms with Crippen LogP contribution in [0.3, 0.4) is 0 Å². The van der Waals surface area contributed by atoms with Crippen LogP contribution in [0.1, 0.15) is 29.5 Å². The first-order chi connectivity index (χ1) is 13.7. The minimum absolute atomic E-state index is 0.242. The van der Waals surface area contributed by atoms with Crippen molar-refractivity contribution >= 4 is 17.7 Å². The molecule has 1 aliphatic rings. The lowest BCUT2D eigenvalue weighted by Gasteiger charge is -2.21. The number of carboxylic acids is 1. The molecule has 1 saturated heterocycles. The molecule has 1 heterocycles. The normalized spacial score (nSPS) is 16.1. The number of hydrogen-bond acceptors (Lipinski definition) is 2. The van der Waals surface area contributed by atoms with E-state index in [2.05, 4.69) is 17.2 Å². The molecule has 0 radical (unpaired) electrons. The van der Waals surface area contributed by atoms with Crippen LogP contribution < -0.4 is 5.32 Å². The lowest BCUT2D eigenvalue weighted by Crippen LogP contribution is -2.42. The van der Waals surface area contributed by atoms with E-state index in [1.807, 2.05) is 0 Å². The molecule has 0 aromatic heterocycles. The van der Waals surface area contributed by atoms with E-state index < -0.39 is 29.8 Å². The van der Waals surface area contributed by atoms with Gasteiger partial charge in [-0.05, 0) is 55.3 Å². The van der Waals surface area contributed by atoms with E-state index in [0.717, 1.165) is 12.1 Å². The van der Waals surface area contributed by atoms with Crippen LogP contribution in [0.5, 0.6) is 0 Å². The Morgan fingerprint density at radius 3 is 2.41 bits per heavy atom. The van der Waals surface area contributed by atoms with Gasteiger partial charge >= 0.3 is 18.2 Å². The summed E-state index contributed by atoms with van der Waals surface area (Å²) in [4.78, 5) is 24.7. The van der Waals surface area contributed by atoms with Crippen LogP contribution in [0.25, 0.3) is 0 Å². The lowest BCUT2D eigenvalue weighted by molar-refractivity contribution is -0.141. The molecule has 1 aliphatic heterocycles. The first kappa shape index (κ1) is 20.3. The summed E-state index contributed by atoms with van der Waals surface area (Å²) < 4.78 is 38.2. The van der Waals surface area contributed by atoms with Crippen LogP contribution in [0.15, 0.2) is 48.5 Å². The number of halogens is 3. The molecule has 2 amide bonds. The number of nitrogens with zero attached hydrogens (tertiary/aromatic N) is 1.